The Morgan fingerprint density at radius 1 is 1.50 bits per heavy atom. The number of fused-ring (bicyclic) bond motifs is 1. The van der Waals surface area contributed by atoms with E-state index in [1.54, 1.807) is 13.2 Å². The van der Waals surface area contributed by atoms with Crippen LogP contribution in [0.5, 0.6) is 5.75 Å². The Kier molecular flexibility index (Phi) is 2.59. The molecule has 4 nitrogen and oxygen atoms in total. The van der Waals surface area contributed by atoms with Gasteiger partial charge in [-0.2, -0.15) is 0 Å². The van der Waals surface area contributed by atoms with E-state index in [1.807, 2.05) is 6.07 Å². The van der Waals surface area contributed by atoms with Crippen molar-refractivity contribution in [3.8, 4) is 5.75 Å². The van der Waals surface area contributed by atoms with Crippen LogP contribution in [0.2, 0.25) is 0 Å². The van der Waals surface area contributed by atoms with E-state index in [0.717, 1.165) is 23.8 Å². The van der Waals surface area contributed by atoms with E-state index in [1.165, 1.54) is 0 Å². The summed E-state index contributed by atoms with van der Waals surface area (Å²) in [5.41, 5.74) is 1.38. The van der Waals surface area contributed by atoms with Crippen LogP contribution in [0.15, 0.2) is 21.0 Å². The van der Waals surface area contributed by atoms with Crippen molar-refractivity contribution in [3.63, 3.8) is 0 Å². The van der Waals surface area contributed by atoms with Gasteiger partial charge < -0.3 is 14.3 Å². The molecule has 5 heteroatoms. The van der Waals surface area contributed by atoms with Crippen LogP contribution >= 0.6 is 15.9 Å². The second kappa shape index (κ2) is 4.02. The standard InChI is InChI=1S/C13H11BrO4/c1-17-7-4-8-10(6-2-3-6)12(13(15)16)18-11(8)9(14)5-7/h4-6H,2-3H2,1H3,(H,15,16). The highest BCUT2D eigenvalue weighted by Gasteiger charge is 2.34. The third-order valence-corrected chi connectivity index (χ3v) is 3.76. The number of carboxylic acids is 1. The Hall–Kier alpha value is -1.49. The number of aromatic carboxylic acids is 1. The van der Waals surface area contributed by atoms with Gasteiger partial charge in [0.05, 0.1) is 11.6 Å². The Bertz CT molecular complexity index is 640. The van der Waals surface area contributed by atoms with Gasteiger partial charge in [0, 0.05) is 10.9 Å². The molecule has 1 fully saturated rings. The van der Waals surface area contributed by atoms with Crippen molar-refractivity contribution < 1.29 is 19.1 Å². The van der Waals surface area contributed by atoms with Gasteiger partial charge in [-0.15, -0.1) is 0 Å². The smallest absolute Gasteiger partial charge is 0.372 e. The van der Waals surface area contributed by atoms with Gasteiger partial charge in [0.2, 0.25) is 5.76 Å². The van der Waals surface area contributed by atoms with Crippen molar-refractivity contribution in [2.24, 2.45) is 0 Å². The first-order valence-electron chi connectivity index (χ1n) is 5.65. The molecular weight excluding hydrogens is 300 g/mol. The van der Waals surface area contributed by atoms with E-state index in [0.29, 0.717) is 21.7 Å². The number of methoxy groups -OCH3 is 1. The molecule has 1 aliphatic carbocycles. The quantitative estimate of drug-likeness (QED) is 0.937. The first-order chi connectivity index (χ1) is 8.61. The van der Waals surface area contributed by atoms with Crippen molar-refractivity contribution in [2.45, 2.75) is 18.8 Å². The summed E-state index contributed by atoms with van der Waals surface area (Å²) in [6.07, 6.45) is 2.04. The average molecular weight is 311 g/mol. The summed E-state index contributed by atoms with van der Waals surface area (Å²) >= 11 is 3.39. The number of halogens is 1. The highest BCUT2D eigenvalue weighted by molar-refractivity contribution is 9.10. The molecule has 18 heavy (non-hydrogen) atoms. The van der Waals surface area contributed by atoms with Crippen LogP contribution in [-0.4, -0.2) is 18.2 Å². The minimum absolute atomic E-state index is 0.0569. The monoisotopic (exact) mass is 310 g/mol. The second-order valence-electron chi connectivity index (χ2n) is 4.41. The number of furan rings is 1. The SMILES string of the molecule is COc1cc(Br)c2oc(C(=O)O)c(C3CC3)c2c1. The summed E-state index contributed by atoms with van der Waals surface area (Å²) in [6, 6.07) is 3.61. The minimum Gasteiger partial charge on any atom is -0.497 e. The zero-order valence-corrected chi connectivity index (χ0v) is 11.3. The van der Waals surface area contributed by atoms with Gasteiger partial charge >= 0.3 is 5.97 Å². The Balaban J connectivity index is 2.34. The molecule has 1 N–H and O–H groups in total. The molecule has 0 unspecified atom stereocenters. The third-order valence-electron chi connectivity index (χ3n) is 3.17. The maximum absolute atomic E-state index is 11.2. The number of carbonyl (C=O) groups is 1. The Morgan fingerprint density at radius 3 is 2.78 bits per heavy atom. The molecule has 1 aromatic heterocycles. The number of carboxylic acid groups (broad SMARTS) is 1. The summed E-state index contributed by atoms with van der Waals surface area (Å²) in [5, 5.41) is 10.1. The zero-order chi connectivity index (χ0) is 12.9. The van der Waals surface area contributed by atoms with Gasteiger partial charge in [0.25, 0.3) is 0 Å². The minimum atomic E-state index is -1.01. The van der Waals surface area contributed by atoms with E-state index >= 15 is 0 Å². The van der Waals surface area contributed by atoms with Crippen molar-refractivity contribution >= 4 is 32.9 Å². The number of benzene rings is 1. The first kappa shape index (κ1) is 11.6. The van der Waals surface area contributed by atoms with Crippen molar-refractivity contribution in [3.05, 3.63) is 27.9 Å². The van der Waals surface area contributed by atoms with E-state index < -0.39 is 5.97 Å². The molecule has 2 aromatic rings. The van der Waals surface area contributed by atoms with Crippen LogP contribution in [0.1, 0.15) is 34.9 Å². The van der Waals surface area contributed by atoms with Gasteiger partial charge in [0.1, 0.15) is 11.3 Å². The topological polar surface area (TPSA) is 59.7 Å². The molecule has 1 aliphatic rings. The molecule has 1 heterocycles. The summed E-state index contributed by atoms with van der Waals surface area (Å²) in [5.74, 6) is 0.0331. The molecule has 0 aliphatic heterocycles. The van der Waals surface area contributed by atoms with E-state index in [-0.39, 0.29) is 5.76 Å². The van der Waals surface area contributed by atoms with Crippen molar-refractivity contribution in [1.82, 2.24) is 0 Å². The van der Waals surface area contributed by atoms with Gasteiger partial charge in [-0.05, 0) is 46.8 Å². The van der Waals surface area contributed by atoms with Crippen LogP contribution < -0.4 is 4.74 Å². The zero-order valence-electron chi connectivity index (χ0n) is 9.70. The first-order valence-corrected chi connectivity index (χ1v) is 6.44. The lowest BCUT2D eigenvalue weighted by Crippen LogP contribution is -1.97. The normalized spacial score (nSPS) is 15.0. The van der Waals surface area contributed by atoms with Gasteiger partial charge in [-0.1, -0.05) is 0 Å². The molecule has 3 rings (SSSR count). The summed E-state index contributed by atoms with van der Waals surface area (Å²) in [7, 11) is 1.59. The molecule has 0 bridgehead atoms. The highest BCUT2D eigenvalue weighted by atomic mass is 79.9. The molecule has 94 valence electrons. The number of ether oxygens (including phenoxy) is 1. The second-order valence-corrected chi connectivity index (χ2v) is 5.26. The van der Waals surface area contributed by atoms with Gasteiger partial charge in [-0.25, -0.2) is 4.79 Å². The summed E-state index contributed by atoms with van der Waals surface area (Å²) in [6.45, 7) is 0. The van der Waals surface area contributed by atoms with Crippen LogP contribution in [-0.2, 0) is 0 Å². The van der Waals surface area contributed by atoms with Crippen LogP contribution in [0.3, 0.4) is 0 Å². The molecular formula is C13H11BrO4. The van der Waals surface area contributed by atoms with E-state index in [4.69, 9.17) is 9.15 Å². The lowest BCUT2D eigenvalue weighted by molar-refractivity contribution is 0.0663. The fourth-order valence-electron chi connectivity index (χ4n) is 2.21. The predicted octanol–water partition coefficient (Wildman–Crippen LogP) is 3.78. The van der Waals surface area contributed by atoms with Crippen LogP contribution in [0.4, 0.5) is 0 Å². The molecule has 1 aromatic carbocycles. The molecule has 0 atom stereocenters. The lowest BCUT2D eigenvalue weighted by Gasteiger charge is -2.01. The molecule has 1 saturated carbocycles. The molecule has 0 saturated heterocycles. The van der Waals surface area contributed by atoms with Crippen molar-refractivity contribution in [2.75, 3.05) is 7.11 Å². The average Bonchev–Trinajstić information content (AvgIpc) is 3.09. The fraction of sp³-hybridized carbons (Fsp3) is 0.308. The fourth-order valence-corrected chi connectivity index (χ4v) is 2.73. The van der Waals surface area contributed by atoms with Crippen LogP contribution in [0.25, 0.3) is 11.0 Å². The predicted molar refractivity (Wildman–Crippen MR) is 69.4 cm³/mol. The third kappa shape index (κ3) is 1.70. The molecule has 0 radical (unpaired) electrons. The molecule has 0 amide bonds. The largest absolute Gasteiger partial charge is 0.497 e. The Morgan fingerprint density at radius 2 is 2.22 bits per heavy atom. The number of hydrogen-bond donors (Lipinski definition) is 1. The molecule has 0 spiro atoms. The lowest BCUT2D eigenvalue weighted by atomic mass is 10.1. The number of hydrogen-bond acceptors (Lipinski definition) is 3. The van der Waals surface area contributed by atoms with Gasteiger partial charge in [-0.3, -0.25) is 0 Å². The summed E-state index contributed by atoms with van der Waals surface area (Å²) < 4.78 is 11.4. The number of rotatable bonds is 3. The van der Waals surface area contributed by atoms with E-state index in [9.17, 15) is 9.90 Å². The van der Waals surface area contributed by atoms with Gasteiger partial charge in [0.15, 0.2) is 0 Å². The maximum atomic E-state index is 11.2. The maximum Gasteiger partial charge on any atom is 0.372 e. The summed E-state index contributed by atoms with van der Waals surface area (Å²) in [4.78, 5) is 11.2. The Labute approximate surface area is 112 Å². The van der Waals surface area contributed by atoms with E-state index in [2.05, 4.69) is 15.9 Å². The highest BCUT2D eigenvalue weighted by Crippen LogP contribution is 2.48. The van der Waals surface area contributed by atoms with Crippen molar-refractivity contribution in [1.29, 1.82) is 0 Å². The van der Waals surface area contributed by atoms with Crippen LogP contribution in [0, 0.1) is 0 Å².